The van der Waals surface area contributed by atoms with Crippen LogP contribution in [0.3, 0.4) is 0 Å². The third-order valence-corrected chi connectivity index (χ3v) is 1.68. The smallest absolute Gasteiger partial charge is 0.132 e. The molecule has 0 aromatic heterocycles. The highest BCUT2D eigenvalue weighted by Crippen LogP contribution is 2.20. The first-order chi connectivity index (χ1) is 6.24. The van der Waals surface area contributed by atoms with E-state index in [-0.39, 0.29) is 5.75 Å². The first kappa shape index (κ1) is 9.91. The summed E-state index contributed by atoms with van der Waals surface area (Å²) < 4.78 is 0. The van der Waals surface area contributed by atoms with E-state index in [2.05, 4.69) is 17.2 Å². The van der Waals surface area contributed by atoms with Crippen LogP contribution in [0.2, 0.25) is 5.02 Å². The molecule has 2 N–H and O–H groups in total. The van der Waals surface area contributed by atoms with Crippen molar-refractivity contribution in [2.75, 3.05) is 13.6 Å². The van der Waals surface area contributed by atoms with Crippen molar-refractivity contribution in [1.82, 2.24) is 5.32 Å². The van der Waals surface area contributed by atoms with Gasteiger partial charge in [-0.1, -0.05) is 23.4 Å². The number of halogens is 1. The number of rotatable bonds is 1. The van der Waals surface area contributed by atoms with E-state index in [9.17, 15) is 5.11 Å². The second kappa shape index (κ2) is 4.76. The molecule has 3 heteroatoms. The lowest BCUT2D eigenvalue weighted by atomic mass is 10.2. The van der Waals surface area contributed by atoms with Gasteiger partial charge in [-0.15, -0.1) is 0 Å². The van der Waals surface area contributed by atoms with Crippen LogP contribution in [0.5, 0.6) is 5.75 Å². The monoisotopic (exact) mass is 195 g/mol. The summed E-state index contributed by atoms with van der Waals surface area (Å²) in [6.45, 7) is 0.599. The summed E-state index contributed by atoms with van der Waals surface area (Å²) >= 11 is 5.66. The maximum absolute atomic E-state index is 9.38. The van der Waals surface area contributed by atoms with Gasteiger partial charge >= 0.3 is 0 Å². The van der Waals surface area contributed by atoms with Crippen molar-refractivity contribution < 1.29 is 5.11 Å². The highest BCUT2D eigenvalue weighted by atomic mass is 35.5. The van der Waals surface area contributed by atoms with Crippen LogP contribution < -0.4 is 5.32 Å². The van der Waals surface area contributed by atoms with Gasteiger partial charge < -0.3 is 10.4 Å². The van der Waals surface area contributed by atoms with Gasteiger partial charge in [0.05, 0.1) is 12.1 Å². The van der Waals surface area contributed by atoms with Gasteiger partial charge in [0.2, 0.25) is 0 Å². The predicted octanol–water partition coefficient (Wildman–Crippen LogP) is 1.62. The van der Waals surface area contributed by atoms with Crippen LogP contribution in [0.4, 0.5) is 0 Å². The minimum absolute atomic E-state index is 0.121. The van der Waals surface area contributed by atoms with Crippen molar-refractivity contribution in [3.8, 4) is 17.6 Å². The van der Waals surface area contributed by atoms with Gasteiger partial charge in [0, 0.05) is 5.02 Å². The normalized spacial score (nSPS) is 9.08. The summed E-state index contributed by atoms with van der Waals surface area (Å²) in [4.78, 5) is 0. The molecule has 68 valence electrons. The highest BCUT2D eigenvalue weighted by Gasteiger charge is 1.96. The topological polar surface area (TPSA) is 32.3 Å². The Morgan fingerprint density at radius 1 is 1.54 bits per heavy atom. The Morgan fingerprint density at radius 2 is 2.31 bits per heavy atom. The number of hydrogen-bond acceptors (Lipinski definition) is 2. The van der Waals surface area contributed by atoms with E-state index >= 15 is 0 Å². The van der Waals surface area contributed by atoms with E-state index in [1.807, 2.05) is 7.05 Å². The molecule has 0 heterocycles. The van der Waals surface area contributed by atoms with Crippen LogP contribution in [0.15, 0.2) is 18.2 Å². The molecule has 0 atom stereocenters. The third-order valence-electron chi connectivity index (χ3n) is 1.45. The highest BCUT2D eigenvalue weighted by molar-refractivity contribution is 6.30. The number of phenolic OH excluding ortho intramolecular Hbond substituents is 1. The zero-order valence-corrected chi connectivity index (χ0v) is 8.02. The average molecular weight is 196 g/mol. The Morgan fingerprint density at radius 3 is 2.92 bits per heavy atom. The summed E-state index contributed by atoms with van der Waals surface area (Å²) in [5, 5.41) is 12.8. The third kappa shape index (κ3) is 2.98. The van der Waals surface area contributed by atoms with Gasteiger partial charge in [0.25, 0.3) is 0 Å². The maximum atomic E-state index is 9.38. The van der Waals surface area contributed by atoms with Crippen LogP contribution in [0, 0.1) is 11.8 Å². The molecule has 13 heavy (non-hydrogen) atoms. The summed E-state index contributed by atoms with van der Waals surface area (Å²) in [6.07, 6.45) is 0. The van der Waals surface area contributed by atoms with E-state index in [0.29, 0.717) is 17.1 Å². The van der Waals surface area contributed by atoms with Crippen LogP contribution in [-0.4, -0.2) is 18.7 Å². The van der Waals surface area contributed by atoms with Gasteiger partial charge in [0.1, 0.15) is 5.75 Å². The predicted molar refractivity (Wildman–Crippen MR) is 53.9 cm³/mol. The Hall–Kier alpha value is -1.17. The summed E-state index contributed by atoms with van der Waals surface area (Å²) in [5.74, 6) is 5.79. The Labute approximate surface area is 82.5 Å². The Bertz CT molecular complexity index is 352. The quantitative estimate of drug-likeness (QED) is 0.668. The van der Waals surface area contributed by atoms with E-state index < -0.39 is 0 Å². The lowest BCUT2D eigenvalue weighted by Gasteiger charge is -1.96. The van der Waals surface area contributed by atoms with Crippen molar-refractivity contribution in [3.05, 3.63) is 28.8 Å². The summed E-state index contributed by atoms with van der Waals surface area (Å²) in [5.41, 5.74) is 0.597. The molecule has 0 aliphatic carbocycles. The molecule has 0 amide bonds. The zero-order valence-electron chi connectivity index (χ0n) is 7.26. The van der Waals surface area contributed by atoms with Crippen LogP contribution in [-0.2, 0) is 0 Å². The summed E-state index contributed by atoms with van der Waals surface area (Å²) in [6, 6.07) is 4.87. The molecule has 0 unspecified atom stereocenters. The van der Waals surface area contributed by atoms with Gasteiger partial charge in [-0.3, -0.25) is 0 Å². The number of hydrogen-bond donors (Lipinski definition) is 2. The van der Waals surface area contributed by atoms with Gasteiger partial charge in [0.15, 0.2) is 0 Å². The fourth-order valence-corrected chi connectivity index (χ4v) is 1.00. The fraction of sp³-hybridized carbons (Fsp3) is 0.200. The van der Waals surface area contributed by atoms with Gasteiger partial charge in [-0.05, 0) is 25.2 Å². The summed E-state index contributed by atoms with van der Waals surface area (Å²) in [7, 11) is 1.82. The van der Waals surface area contributed by atoms with E-state index in [1.165, 1.54) is 6.07 Å². The number of aromatic hydroxyl groups is 1. The van der Waals surface area contributed by atoms with E-state index in [1.54, 1.807) is 12.1 Å². The second-order valence-electron chi connectivity index (χ2n) is 2.49. The minimum Gasteiger partial charge on any atom is -0.507 e. The van der Waals surface area contributed by atoms with Crippen molar-refractivity contribution in [2.45, 2.75) is 0 Å². The van der Waals surface area contributed by atoms with E-state index in [4.69, 9.17) is 11.6 Å². The number of phenols is 1. The maximum Gasteiger partial charge on any atom is 0.132 e. The molecular formula is C10H10ClNO. The van der Waals surface area contributed by atoms with Crippen molar-refractivity contribution in [3.63, 3.8) is 0 Å². The minimum atomic E-state index is 0.121. The van der Waals surface area contributed by atoms with Crippen molar-refractivity contribution in [1.29, 1.82) is 0 Å². The van der Waals surface area contributed by atoms with Gasteiger partial charge in [-0.2, -0.15) is 0 Å². The second-order valence-corrected chi connectivity index (χ2v) is 2.93. The molecule has 0 saturated carbocycles. The lowest BCUT2D eigenvalue weighted by molar-refractivity contribution is 0.474. The van der Waals surface area contributed by atoms with Crippen LogP contribution in [0.25, 0.3) is 0 Å². The zero-order chi connectivity index (χ0) is 9.68. The number of benzene rings is 1. The molecule has 1 aromatic carbocycles. The molecule has 2 nitrogen and oxygen atoms in total. The van der Waals surface area contributed by atoms with Gasteiger partial charge in [-0.25, -0.2) is 0 Å². The molecule has 0 radical (unpaired) electrons. The first-order valence-corrected chi connectivity index (χ1v) is 4.24. The SMILES string of the molecule is CNCC#Cc1ccc(Cl)cc1O. The molecule has 0 saturated heterocycles. The Balaban J connectivity index is 2.85. The molecule has 0 fully saturated rings. The average Bonchev–Trinajstić information content (AvgIpc) is 2.09. The van der Waals surface area contributed by atoms with Crippen molar-refractivity contribution >= 4 is 11.6 Å². The molecule has 1 aromatic rings. The number of nitrogens with one attached hydrogen (secondary N) is 1. The van der Waals surface area contributed by atoms with Crippen molar-refractivity contribution in [2.24, 2.45) is 0 Å². The lowest BCUT2D eigenvalue weighted by Crippen LogP contribution is -2.04. The first-order valence-electron chi connectivity index (χ1n) is 3.86. The molecular weight excluding hydrogens is 186 g/mol. The largest absolute Gasteiger partial charge is 0.507 e. The fourth-order valence-electron chi connectivity index (χ4n) is 0.838. The molecule has 1 rings (SSSR count). The molecule has 0 spiro atoms. The van der Waals surface area contributed by atoms with E-state index in [0.717, 1.165) is 0 Å². The standard InChI is InChI=1S/C10H10ClNO/c1-12-6-2-3-8-4-5-9(11)7-10(8)13/h4-5,7,12-13H,6H2,1H3. The van der Waals surface area contributed by atoms with Crippen LogP contribution in [0.1, 0.15) is 5.56 Å². The molecule has 0 bridgehead atoms. The van der Waals surface area contributed by atoms with Crippen LogP contribution >= 0.6 is 11.6 Å². The molecule has 0 aliphatic rings. The Kier molecular flexibility index (Phi) is 3.63. The molecule has 0 aliphatic heterocycles.